The van der Waals surface area contributed by atoms with Gasteiger partial charge in [0.1, 0.15) is 11.2 Å². The fraction of sp³-hybridized carbons (Fsp3) is 0.160. The van der Waals surface area contributed by atoms with E-state index < -0.39 is 0 Å². The molecule has 1 aromatic heterocycles. The van der Waals surface area contributed by atoms with E-state index in [0.717, 1.165) is 76.4 Å². The average molecular weight is 408 g/mol. The second-order valence-electron chi connectivity index (χ2n) is 7.57. The molecule has 0 unspecified atom stereocenters. The lowest BCUT2D eigenvalue weighted by Gasteiger charge is -2.28. The van der Waals surface area contributed by atoms with Crippen molar-refractivity contribution in [1.82, 2.24) is 9.97 Å². The van der Waals surface area contributed by atoms with Crippen molar-refractivity contribution in [2.75, 3.05) is 31.2 Å². The van der Waals surface area contributed by atoms with Crippen molar-refractivity contribution in [2.24, 2.45) is 4.99 Å². The normalized spacial score (nSPS) is 15.2. The number of ether oxygens (including phenoxy) is 1. The maximum atomic E-state index is 6.37. The topological polar surface area (TPSA) is 63.8 Å². The van der Waals surface area contributed by atoms with Crippen molar-refractivity contribution in [3.63, 3.8) is 0 Å². The highest BCUT2D eigenvalue weighted by Gasteiger charge is 2.17. The van der Waals surface area contributed by atoms with Crippen LogP contribution in [0.3, 0.4) is 0 Å². The minimum atomic E-state index is 0.720. The maximum Gasteiger partial charge on any atom is 0.155 e. The third-order valence-corrected chi connectivity index (χ3v) is 5.64. The molecule has 2 aromatic carbocycles. The van der Waals surface area contributed by atoms with Crippen LogP contribution in [0.2, 0.25) is 0 Å². The molecule has 3 aliphatic rings. The summed E-state index contributed by atoms with van der Waals surface area (Å²) < 4.78 is 11.8. The van der Waals surface area contributed by atoms with E-state index in [1.54, 1.807) is 12.4 Å². The van der Waals surface area contributed by atoms with E-state index in [0.29, 0.717) is 0 Å². The van der Waals surface area contributed by atoms with Gasteiger partial charge in [-0.15, -0.1) is 0 Å². The minimum absolute atomic E-state index is 0.720. The lowest BCUT2D eigenvalue weighted by atomic mass is 10.0. The van der Waals surface area contributed by atoms with Crippen LogP contribution in [-0.2, 0) is 4.74 Å². The number of aromatic nitrogens is 2. The Labute approximate surface area is 178 Å². The average Bonchev–Trinajstić information content (AvgIpc) is 2.84. The van der Waals surface area contributed by atoms with Gasteiger partial charge in [0.05, 0.1) is 24.3 Å². The largest absolute Gasteiger partial charge is 0.453 e. The quantitative estimate of drug-likeness (QED) is 0.317. The van der Waals surface area contributed by atoms with Gasteiger partial charge in [-0.05, 0) is 24.3 Å². The first-order valence-corrected chi connectivity index (χ1v) is 10.4. The fourth-order valence-corrected chi connectivity index (χ4v) is 4.09. The van der Waals surface area contributed by atoms with E-state index in [9.17, 15) is 0 Å². The summed E-state index contributed by atoms with van der Waals surface area (Å²) in [4.78, 5) is 16.2. The first-order chi connectivity index (χ1) is 15.3. The number of morpholine rings is 1. The van der Waals surface area contributed by atoms with E-state index in [-0.39, 0.29) is 0 Å². The first-order valence-electron chi connectivity index (χ1n) is 10.4. The molecule has 0 spiro atoms. The molecule has 2 aliphatic heterocycles. The zero-order chi connectivity index (χ0) is 20.6. The van der Waals surface area contributed by atoms with Crippen LogP contribution in [0, 0.1) is 0 Å². The van der Waals surface area contributed by atoms with Crippen LogP contribution in [0.25, 0.3) is 33.3 Å². The fourth-order valence-electron chi connectivity index (χ4n) is 4.09. The number of benzene rings is 3. The third kappa shape index (κ3) is 3.31. The zero-order valence-corrected chi connectivity index (χ0v) is 16.9. The van der Waals surface area contributed by atoms with E-state index in [1.165, 1.54) is 0 Å². The standard InChI is InChI=1S/C25H20N4O2/c1-2-4-20-19(3-1)22(27-17-7-9-26-10-8-17)16-24-25(20)28-21-6-5-18(15-23(21)31-24)29-11-13-30-14-12-29/h1-10,15-16H,11-14H2. The van der Waals surface area contributed by atoms with Crippen LogP contribution in [0.1, 0.15) is 0 Å². The van der Waals surface area contributed by atoms with E-state index >= 15 is 0 Å². The molecule has 0 bridgehead atoms. The van der Waals surface area contributed by atoms with E-state index in [1.807, 2.05) is 36.4 Å². The summed E-state index contributed by atoms with van der Waals surface area (Å²) in [6, 6.07) is 20.2. The molecule has 6 heteroatoms. The third-order valence-electron chi connectivity index (χ3n) is 5.64. The summed E-state index contributed by atoms with van der Waals surface area (Å²) in [7, 11) is 0. The molecule has 3 heterocycles. The Morgan fingerprint density at radius 1 is 0.871 bits per heavy atom. The van der Waals surface area contributed by atoms with Gasteiger partial charge in [0.2, 0.25) is 0 Å². The molecule has 152 valence electrons. The number of hydrogen-bond donors (Lipinski definition) is 0. The van der Waals surface area contributed by atoms with Gasteiger partial charge in [-0.2, -0.15) is 0 Å². The molecule has 31 heavy (non-hydrogen) atoms. The van der Waals surface area contributed by atoms with Crippen LogP contribution < -0.4 is 10.3 Å². The highest BCUT2D eigenvalue weighted by atomic mass is 16.5. The number of anilines is 1. The Morgan fingerprint density at radius 2 is 1.68 bits per heavy atom. The molecule has 0 amide bonds. The Bertz CT molecular complexity index is 1420. The monoisotopic (exact) mass is 408 g/mol. The van der Waals surface area contributed by atoms with Crippen molar-refractivity contribution >= 4 is 33.2 Å². The van der Waals surface area contributed by atoms with Gasteiger partial charge in [-0.1, -0.05) is 24.3 Å². The zero-order valence-electron chi connectivity index (χ0n) is 16.9. The van der Waals surface area contributed by atoms with Crippen LogP contribution >= 0.6 is 0 Å². The van der Waals surface area contributed by atoms with E-state index in [4.69, 9.17) is 19.1 Å². The summed E-state index contributed by atoms with van der Waals surface area (Å²) in [6.07, 6.45) is 3.49. The molecule has 0 saturated carbocycles. The van der Waals surface area contributed by atoms with Crippen LogP contribution in [0.5, 0.6) is 0 Å². The molecule has 1 saturated heterocycles. The summed E-state index contributed by atoms with van der Waals surface area (Å²) in [5.41, 5.74) is 4.43. The molecule has 1 fully saturated rings. The highest BCUT2D eigenvalue weighted by molar-refractivity contribution is 5.96. The number of nitrogens with zero attached hydrogens (tertiary/aromatic N) is 4. The summed E-state index contributed by atoms with van der Waals surface area (Å²) in [5, 5.41) is 2.91. The Hall–Kier alpha value is -3.77. The Balaban J connectivity index is 1.58. The van der Waals surface area contributed by atoms with Gasteiger partial charge in [0.25, 0.3) is 0 Å². The lowest BCUT2D eigenvalue weighted by Crippen LogP contribution is -2.36. The molecule has 6 rings (SSSR count). The molecular weight excluding hydrogens is 388 g/mol. The molecule has 3 aromatic rings. The first kappa shape index (κ1) is 18.0. The molecule has 6 nitrogen and oxygen atoms in total. The minimum Gasteiger partial charge on any atom is -0.453 e. The van der Waals surface area contributed by atoms with Gasteiger partial charge in [-0.3, -0.25) is 4.98 Å². The van der Waals surface area contributed by atoms with Gasteiger partial charge in [0.15, 0.2) is 11.3 Å². The van der Waals surface area contributed by atoms with Crippen molar-refractivity contribution in [3.8, 4) is 11.5 Å². The van der Waals surface area contributed by atoms with Gasteiger partial charge in [0, 0.05) is 54.1 Å². The second-order valence-corrected chi connectivity index (χ2v) is 7.57. The SMILES string of the molecule is c1ccc2c(=Nc3ccncc3)cc3oc4cc(N5CCOCC5)ccc4nc-3c2c1. The molecular formula is C25H20N4O2. The number of rotatable bonds is 2. The number of hydrogen-bond acceptors (Lipinski definition) is 6. The highest BCUT2D eigenvalue weighted by Crippen LogP contribution is 2.32. The van der Waals surface area contributed by atoms with Crippen molar-refractivity contribution < 1.29 is 9.15 Å². The van der Waals surface area contributed by atoms with Crippen molar-refractivity contribution in [3.05, 3.63) is 78.4 Å². The maximum absolute atomic E-state index is 6.37. The van der Waals surface area contributed by atoms with Crippen LogP contribution in [-0.4, -0.2) is 36.3 Å². The van der Waals surface area contributed by atoms with Crippen molar-refractivity contribution in [1.29, 1.82) is 0 Å². The van der Waals surface area contributed by atoms with Gasteiger partial charge in [-0.25, -0.2) is 9.98 Å². The molecule has 0 N–H and O–H groups in total. The van der Waals surface area contributed by atoms with Gasteiger partial charge < -0.3 is 14.1 Å². The second kappa shape index (κ2) is 7.49. The van der Waals surface area contributed by atoms with Gasteiger partial charge >= 0.3 is 0 Å². The smallest absolute Gasteiger partial charge is 0.155 e. The predicted molar refractivity (Wildman–Crippen MR) is 121 cm³/mol. The molecule has 0 radical (unpaired) electrons. The lowest BCUT2D eigenvalue weighted by molar-refractivity contribution is 0.122. The number of pyridine rings is 1. The molecule has 1 aliphatic carbocycles. The number of fused-ring (bicyclic) bond motifs is 4. The predicted octanol–water partition coefficient (Wildman–Crippen LogP) is 4.55. The van der Waals surface area contributed by atoms with E-state index in [2.05, 4.69) is 34.1 Å². The molecule has 0 atom stereocenters. The van der Waals surface area contributed by atoms with Crippen LogP contribution in [0.15, 0.2) is 82.5 Å². The summed E-state index contributed by atoms with van der Waals surface area (Å²) in [5.74, 6) is 0.720. The summed E-state index contributed by atoms with van der Waals surface area (Å²) >= 11 is 0. The summed E-state index contributed by atoms with van der Waals surface area (Å²) in [6.45, 7) is 3.26. The Morgan fingerprint density at radius 3 is 2.52 bits per heavy atom. The van der Waals surface area contributed by atoms with Crippen LogP contribution in [0.4, 0.5) is 11.4 Å². The van der Waals surface area contributed by atoms with Crippen molar-refractivity contribution in [2.45, 2.75) is 0 Å². The Kier molecular flexibility index (Phi) is 4.35.